The van der Waals surface area contributed by atoms with Gasteiger partial charge in [-0.2, -0.15) is 4.98 Å². The third-order valence-corrected chi connectivity index (χ3v) is 2.38. The molecule has 76 valence electrons. The fourth-order valence-electron chi connectivity index (χ4n) is 0.986. The van der Waals surface area contributed by atoms with Gasteiger partial charge >= 0.3 is 0 Å². The summed E-state index contributed by atoms with van der Waals surface area (Å²) in [4.78, 5) is 3.93. The number of nitrogens with zero attached hydrogens (tertiary/aromatic N) is 1. The van der Waals surface area contributed by atoms with Crippen molar-refractivity contribution in [2.75, 3.05) is 18.9 Å². The van der Waals surface area contributed by atoms with Gasteiger partial charge in [-0.15, -0.1) is 0 Å². The molecule has 0 bridgehead atoms. The van der Waals surface area contributed by atoms with Crippen molar-refractivity contribution in [1.82, 2.24) is 4.98 Å². The minimum absolute atomic E-state index is 0.0144. The molecule has 0 amide bonds. The summed E-state index contributed by atoms with van der Waals surface area (Å²) >= 11 is 11.6. The summed E-state index contributed by atoms with van der Waals surface area (Å²) in [5.74, 6) is 0.521. The Kier molecular flexibility index (Phi) is 2.67. The first-order valence-electron chi connectivity index (χ1n) is 4.02. The van der Waals surface area contributed by atoms with Crippen molar-refractivity contribution in [1.29, 1.82) is 0 Å². The van der Waals surface area contributed by atoms with E-state index >= 15 is 0 Å². The van der Waals surface area contributed by atoms with E-state index in [9.17, 15) is 0 Å². The molecule has 1 aliphatic heterocycles. The number of anilines is 1. The number of nitrogens with two attached hydrogens (primary N) is 1. The third kappa shape index (κ3) is 1.87. The zero-order chi connectivity index (χ0) is 10.1. The Balaban J connectivity index is 2.19. The van der Waals surface area contributed by atoms with Gasteiger partial charge in [0.2, 0.25) is 5.88 Å². The quantitative estimate of drug-likeness (QED) is 0.848. The Morgan fingerprint density at radius 2 is 2.14 bits per heavy atom. The predicted octanol–water partition coefficient (Wildman–Crippen LogP) is 1.75. The highest BCUT2D eigenvalue weighted by molar-refractivity contribution is 6.36. The van der Waals surface area contributed by atoms with E-state index in [1.807, 2.05) is 0 Å². The van der Waals surface area contributed by atoms with Gasteiger partial charge in [0.25, 0.3) is 0 Å². The summed E-state index contributed by atoms with van der Waals surface area (Å²) in [5, 5.41) is 0.684. The highest BCUT2D eigenvalue weighted by Gasteiger charge is 2.22. The van der Waals surface area contributed by atoms with Crippen LogP contribution in [0.3, 0.4) is 0 Å². The molecule has 2 heterocycles. The summed E-state index contributed by atoms with van der Waals surface area (Å²) < 4.78 is 10.4. The molecule has 0 aliphatic carbocycles. The zero-order valence-electron chi connectivity index (χ0n) is 7.17. The van der Waals surface area contributed by atoms with Crippen LogP contribution in [0.5, 0.6) is 5.88 Å². The fraction of sp³-hybridized carbons (Fsp3) is 0.375. The van der Waals surface area contributed by atoms with E-state index in [0.29, 0.717) is 29.1 Å². The van der Waals surface area contributed by atoms with E-state index in [0.717, 1.165) is 0 Å². The molecule has 0 unspecified atom stereocenters. The van der Waals surface area contributed by atoms with Crippen LogP contribution in [0, 0.1) is 0 Å². The van der Waals surface area contributed by atoms with Crippen LogP contribution >= 0.6 is 23.2 Å². The molecule has 1 fully saturated rings. The van der Waals surface area contributed by atoms with E-state index in [1.165, 1.54) is 6.07 Å². The minimum atomic E-state index is 0.0144. The second-order valence-corrected chi connectivity index (χ2v) is 3.73. The first-order chi connectivity index (χ1) is 6.66. The monoisotopic (exact) mass is 234 g/mol. The van der Waals surface area contributed by atoms with Gasteiger partial charge in [-0.25, -0.2) is 0 Å². The number of pyridine rings is 1. The van der Waals surface area contributed by atoms with Crippen molar-refractivity contribution in [3.8, 4) is 5.88 Å². The van der Waals surface area contributed by atoms with Crippen molar-refractivity contribution < 1.29 is 9.47 Å². The number of nitrogen functional groups attached to an aromatic ring is 1. The van der Waals surface area contributed by atoms with Crippen LogP contribution in [0.25, 0.3) is 0 Å². The molecule has 0 saturated carbocycles. The molecule has 6 heteroatoms. The lowest BCUT2D eigenvalue weighted by Gasteiger charge is -2.26. The van der Waals surface area contributed by atoms with Crippen molar-refractivity contribution in [3.63, 3.8) is 0 Å². The highest BCUT2D eigenvalue weighted by atomic mass is 35.5. The second-order valence-electron chi connectivity index (χ2n) is 2.92. The van der Waals surface area contributed by atoms with Crippen LogP contribution in [-0.4, -0.2) is 24.3 Å². The van der Waals surface area contributed by atoms with Gasteiger partial charge in [0.1, 0.15) is 16.9 Å². The Hall–Kier alpha value is -0.710. The molecular formula is C8H8Cl2N2O2. The molecule has 0 radical (unpaired) electrons. The summed E-state index contributed by atoms with van der Waals surface area (Å²) in [7, 11) is 0. The molecule has 4 nitrogen and oxygen atoms in total. The maximum atomic E-state index is 5.86. The molecular weight excluding hydrogens is 227 g/mol. The van der Waals surface area contributed by atoms with Crippen LogP contribution in [0.15, 0.2) is 6.07 Å². The molecule has 0 aromatic carbocycles. The van der Waals surface area contributed by atoms with Crippen molar-refractivity contribution >= 4 is 29.0 Å². The Bertz CT molecular complexity index is 355. The number of rotatable bonds is 2. The lowest BCUT2D eigenvalue weighted by atomic mass is 10.3. The summed E-state index contributed by atoms with van der Waals surface area (Å²) in [6.45, 7) is 1.11. The van der Waals surface area contributed by atoms with Crippen LogP contribution < -0.4 is 10.5 Å². The standard InChI is InChI=1S/C8H8Cl2N2O2/c9-5-1-6(10)8(12-7(5)11)14-4-2-13-3-4/h1,4H,2-3H2,(H2,11,12). The van der Waals surface area contributed by atoms with Gasteiger partial charge in [-0.1, -0.05) is 23.2 Å². The Morgan fingerprint density at radius 3 is 2.71 bits per heavy atom. The molecule has 0 atom stereocenters. The normalized spacial score (nSPS) is 16.4. The summed E-state index contributed by atoms with van der Waals surface area (Å²) in [5.41, 5.74) is 5.51. The van der Waals surface area contributed by atoms with Crippen LogP contribution in [0.4, 0.5) is 5.82 Å². The number of hydrogen-bond acceptors (Lipinski definition) is 4. The number of hydrogen-bond donors (Lipinski definition) is 1. The Labute approximate surface area is 90.9 Å². The third-order valence-electron chi connectivity index (χ3n) is 1.81. The Morgan fingerprint density at radius 1 is 1.43 bits per heavy atom. The molecule has 1 aliphatic rings. The van der Waals surface area contributed by atoms with Gasteiger partial charge in [0, 0.05) is 0 Å². The number of halogens is 2. The lowest BCUT2D eigenvalue weighted by Crippen LogP contribution is -2.38. The molecule has 14 heavy (non-hydrogen) atoms. The topological polar surface area (TPSA) is 57.4 Å². The molecule has 1 aromatic rings. The summed E-state index contributed by atoms with van der Waals surface area (Å²) in [6.07, 6.45) is 0.0144. The van der Waals surface area contributed by atoms with E-state index in [4.69, 9.17) is 38.4 Å². The highest BCUT2D eigenvalue weighted by Crippen LogP contribution is 2.30. The number of ether oxygens (including phenoxy) is 2. The van der Waals surface area contributed by atoms with E-state index < -0.39 is 0 Å². The maximum Gasteiger partial charge on any atom is 0.235 e. The smallest absolute Gasteiger partial charge is 0.235 e. The predicted molar refractivity (Wildman–Crippen MR) is 53.9 cm³/mol. The van der Waals surface area contributed by atoms with Crippen LogP contribution in [0.1, 0.15) is 0 Å². The average molecular weight is 235 g/mol. The first kappa shape index (κ1) is 9.83. The van der Waals surface area contributed by atoms with Gasteiger partial charge in [-0.3, -0.25) is 0 Å². The van der Waals surface area contributed by atoms with Gasteiger partial charge in [0.15, 0.2) is 0 Å². The van der Waals surface area contributed by atoms with Crippen molar-refractivity contribution in [2.45, 2.75) is 6.10 Å². The van der Waals surface area contributed by atoms with Crippen LogP contribution in [-0.2, 0) is 4.74 Å². The van der Waals surface area contributed by atoms with Crippen molar-refractivity contribution in [3.05, 3.63) is 16.1 Å². The lowest BCUT2D eigenvalue weighted by molar-refractivity contribution is -0.0812. The minimum Gasteiger partial charge on any atom is -0.468 e. The van der Waals surface area contributed by atoms with Crippen LogP contribution in [0.2, 0.25) is 10.0 Å². The maximum absolute atomic E-state index is 5.86. The van der Waals surface area contributed by atoms with Gasteiger partial charge in [-0.05, 0) is 6.07 Å². The number of aromatic nitrogens is 1. The molecule has 2 N–H and O–H groups in total. The van der Waals surface area contributed by atoms with E-state index in [2.05, 4.69) is 4.98 Å². The van der Waals surface area contributed by atoms with Gasteiger partial charge < -0.3 is 15.2 Å². The average Bonchev–Trinajstić information content (AvgIpc) is 2.06. The molecule has 1 saturated heterocycles. The molecule has 0 spiro atoms. The molecule has 2 rings (SSSR count). The van der Waals surface area contributed by atoms with Crippen molar-refractivity contribution in [2.24, 2.45) is 0 Å². The SMILES string of the molecule is Nc1nc(OC2COC2)c(Cl)cc1Cl. The van der Waals surface area contributed by atoms with Gasteiger partial charge in [0.05, 0.1) is 18.2 Å². The first-order valence-corrected chi connectivity index (χ1v) is 4.78. The van der Waals surface area contributed by atoms with E-state index in [1.54, 1.807) is 0 Å². The summed E-state index contributed by atoms with van der Waals surface area (Å²) in [6, 6.07) is 1.51. The zero-order valence-corrected chi connectivity index (χ0v) is 8.68. The van der Waals surface area contributed by atoms with E-state index in [-0.39, 0.29) is 11.9 Å². The fourth-order valence-corrected chi connectivity index (χ4v) is 1.39. The largest absolute Gasteiger partial charge is 0.468 e. The second kappa shape index (κ2) is 3.81. The molecule has 1 aromatic heterocycles.